The SMILES string of the molecule is C[C@@]1(NC(=O)Cc2ccc(Cl)c(Cl)c2)CCS(=O)(=O)C1. The zero-order valence-corrected chi connectivity index (χ0v) is 13.3. The average Bonchev–Trinajstić information content (AvgIpc) is 2.57. The summed E-state index contributed by atoms with van der Waals surface area (Å²) < 4.78 is 23.0. The molecule has 1 aliphatic heterocycles. The lowest BCUT2D eigenvalue weighted by Crippen LogP contribution is -2.47. The van der Waals surface area contributed by atoms with Gasteiger partial charge in [-0.3, -0.25) is 4.79 Å². The number of carbonyl (C=O) groups is 1. The minimum Gasteiger partial charge on any atom is -0.350 e. The minimum absolute atomic E-state index is 0.00683. The molecule has 0 aliphatic carbocycles. The standard InChI is InChI=1S/C13H15Cl2NO3S/c1-13(4-5-20(18,19)8-13)16-12(17)7-9-2-3-10(14)11(15)6-9/h2-3,6H,4-5,7-8H2,1H3,(H,16,17)/t13-/m1/s1. The van der Waals surface area contributed by atoms with E-state index in [1.807, 2.05) is 0 Å². The molecule has 0 spiro atoms. The van der Waals surface area contributed by atoms with Crippen LogP contribution in [0.2, 0.25) is 10.0 Å². The molecule has 0 radical (unpaired) electrons. The third kappa shape index (κ3) is 3.87. The van der Waals surface area contributed by atoms with E-state index in [2.05, 4.69) is 5.32 Å². The van der Waals surface area contributed by atoms with Crippen molar-refractivity contribution in [3.8, 4) is 0 Å². The number of nitrogens with one attached hydrogen (secondary N) is 1. The van der Waals surface area contributed by atoms with Crippen LogP contribution in [0, 0.1) is 0 Å². The van der Waals surface area contributed by atoms with Crippen molar-refractivity contribution in [2.75, 3.05) is 11.5 Å². The van der Waals surface area contributed by atoms with Gasteiger partial charge in [0.25, 0.3) is 0 Å². The van der Waals surface area contributed by atoms with E-state index in [0.29, 0.717) is 16.5 Å². The number of benzene rings is 1. The summed E-state index contributed by atoms with van der Waals surface area (Å²) in [4.78, 5) is 12.0. The van der Waals surface area contributed by atoms with Crippen LogP contribution in [0.1, 0.15) is 18.9 Å². The van der Waals surface area contributed by atoms with Gasteiger partial charge in [-0.05, 0) is 31.0 Å². The molecule has 0 unspecified atom stereocenters. The number of halogens is 2. The predicted octanol–water partition coefficient (Wildman–Crippen LogP) is 2.23. The first-order chi connectivity index (χ1) is 9.19. The molecule has 0 aromatic heterocycles. The summed E-state index contributed by atoms with van der Waals surface area (Å²) in [5.74, 6) is -0.105. The summed E-state index contributed by atoms with van der Waals surface area (Å²) in [6, 6.07) is 4.99. The second kappa shape index (κ2) is 5.54. The fourth-order valence-corrected chi connectivity index (χ4v) is 4.74. The number of hydrogen-bond acceptors (Lipinski definition) is 3. The van der Waals surface area contributed by atoms with E-state index in [4.69, 9.17) is 23.2 Å². The Kier molecular flexibility index (Phi) is 4.33. The quantitative estimate of drug-likeness (QED) is 0.921. The molecule has 7 heteroatoms. The Morgan fingerprint density at radius 3 is 2.60 bits per heavy atom. The van der Waals surface area contributed by atoms with Crippen LogP contribution in [0.25, 0.3) is 0 Å². The van der Waals surface area contributed by atoms with Gasteiger partial charge in [-0.25, -0.2) is 8.42 Å². The highest BCUT2D eigenvalue weighted by Crippen LogP contribution is 2.24. The van der Waals surface area contributed by atoms with Gasteiger partial charge in [-0.1, -0.05) is 29.3 Å². The maximum atomic E-state index is 12.0. The van der Waals surface area contributed by atoms with Gasteiger partial charge in [0.1, 0.15) is 0 Å². The molecule has 0 saturated carbocycles. The fraction of sp³-hybridized carbons (Fsp3) is 0.462. The lowest BCUT2D eigenvalue weighted by Gasteiger charge is -2.23. The van der Waals surface area contributed by atoms with Crippen LogP contribution in [-0.2, 0) is 21.1 Å². The fourth-order valence-electron chi connectivity index (χ4n) is 2.32. The van der Waals surface area contributed by atoms with Gasteiger partial charge in [0.05, 0.1) is 33.5 Å². The largest absolute Gasteiger partial charge is 0.350 e. The van der Waals surface area contributed by atoms with Gasteiger partial charge in [-0.15, -0.1) is 0 Å². The van der Waals surface area contributed by atoms with E-state index in [-0.39, 0.29) is 23.8 Å². The van der Waals surface area contributed by atoms with Crippen molar-refractivity contribution in [3.63, 3.8) is 0 Å². The van der Waals surface area contributed by atoms with Crippen molar-refractivity contribution in [2.45, 2.75) is 25.3 Å². The van der Waals surface area contributed by atoms with Crippen molar-refractivity contribution in [3.05, 3.63) is 33.8 Å². The molecule has 1 amide bonds. The van der Waals surface area contributed by atoms with Crippen LogP contribution < -0.4 is 5.32 Å². The first-order valence-corrected chi connectivity index (χ1v) is 8.72. The van der Waals surface area contributed by atoms with Gasteiger partial charge in [0.15, 0.2) is 9.84 Å². The van der Waals surface area contributed by atoms with E-state index < -0.39 is 15.4 Å². The molecule has 2 rings (SSSR count). The number of hydrogen-bond donors (Lipinski definition) is 1. The van der Waals surface area contributed by atoms with Gasteiger partial charge >= 0.3 is 0 Å². The molecule has 1 heterocycles. The van der Waals surface area contributed by atoms with Crippen molar-refractivity contribution in [1.82, 2.24) is 5.32 Å². The van der Waals surface area contributed by atoms with Crippen LogP contribution in [0.4, 0.5) is 0 Å². The summed E-state index contributed by atoms with van der Waals surface area (Å²) in [7, 11) is -3.04. The Labute approximate surface area is 128 Å². The van der Waals surface area contributed by atoms with E-state index >= 15 is 0 Å². The zero-order valence-electron chi connectivity index (χ0n) is 10.9. The lowest BCUT2D eigenvalue weighted by molar-refractivity contribution is -0.121. The number of amides is 1. The second-order valence-corrected chi connectivity index (χ2v) is 8.37. The summed E-state index contributed by atoms with van der Waals surface area (Å²) in [6.45, 7) is 1.75. The number of carbonyl (C=O) groups excluding carboxylic acids is 1. The van der Waals surface area contributed by atoms with Gasteiger partial charge in [0, 0.05) is 0 Å². The van der Waals surface area contributed by atoms with E-state index in [0.717, 1.165) is 5.56 Å². The Morgan fingerprint density at radius 2 is 2.05 bits per heavy atom. The van der Waals surface area contributed by atoms with Crippen molar-refractivity contribution < 1.29 is 13.2 Å². The van der Waals surface area contributed by atoms with Gasteiger partial charge in [0.2, 0.25) is 5.91 Å². The summed E-state index contributed by atoms with van der Waals surface area (Å²) in [5.41, 5.74) is 0.0629. The normalized spacial score (nSPS) is 24.6. The topological polar surface area (TPSA) is 63.2 Å². The summed E-state index contributed by atoms with van der Waals surface area (Å²) in [6.07, 6.45) is 0.592. The maximum absolute atomic E-state index is 12.0. The molecule has 1 atom stereocenters. The summed E-state index contributed by atoms with van der Waals surface area (Å²) >= 11 is 11.7. The van der Waals surface area contributed by atoms with Crippen molar-refractivity contribution in [1.29, 1.82) is 0 Å². The maximum Gasteiger partial charge on any atom is 0.224 e. The van der Waals surface area contributed by atoms with E-state index in [9.17, 15) is 13.2 Å². The molecule has 110 valence electrons. The van der Waals surface area contributed by atoms with Gasteiger partial charge in [-0.2, -0.15) is 0 Å². The first-order valence-electron chi connectivity index (χ1n) is 6.15. The molecular formula is C13H15Cl2NO3S. The van der Waals surface area contributed by atoms with E-state index in [1.54, 1.807) is 25.1 Å². The minimum atomic E-state index is -3.04. The predicted molar refractivity (Wildman–Crippen MR) is 80.0 cm³/mol. The monoisotopic (exact) mass is 335 g/mol. The molecule has 0 bridgehead atoms. The molecule has 20 heavy (non-hydrogen) atoms. The lowest BCUT2D eigenvalue weighted by atomic mass is 10.0. The Balaban J connectivity index is 2.01. The van der Waals surface area contributed by atoms with Crippen LogP contribution >= 0.6 is 23.2 Å². The van der Waals surface area contributed by atoms with Crippen LogP contribution in [-0.4, -0.2) is 31.4 Å². The van der Waals surface area contributed by atoms with Crippen molar-refractivity contribution in [2.24, 2.45) is 0 Å². The molecule has 4 nitrogen and oxygen atoms in total. The van der Waals surface area contributed by atoms with Crippen LogP contribution in [0.15, 0.2) is 18.2 Å². The molecule has 1 aromatic rings. The highest BCUT2D eigenvalue weighted by molar-refractivity contribution is 7.91. The third-order valence-corrected chi connectivity index (χ3v) is 5.94. The first kappa shape index (κ1) is 15.6. The Hall–Kier alpha value is -0.780. The van der Waals surface area contributed by atoms with Crippen molar-refractivity contribution >= 4 is 38.9 Å². The molecule has 1 aliphatic rings. The summed E-state index contributed by atoms with van der Waals surface area (Å²) in [5, 5.41) is 3.63. The number of rotatable bonds is 3. The van der Waals surface area contributed by atoms with E-state index in [1.165, 1.54) is 0 Å². The van der Waals surface area contributed by atoms with Crippen LogP contribution in [0.3, 0.4) is 0 Å². The zero-order chi connectivity index (χ0) is 15.0. The molecule has 1 saturated heterocycles. The highest BCUT2D eigenvalue weighted by atomic mass is 35.5. The average molecular weight is 336 g/mol. The number of sulfone groups is 1. The highest BCUT2D eigenvalue weighted by Gasteiger charge is 2.39. The molecule has 1 fully saturated rings. The Morgan fingerprint density at radius 1 is 1.35 bits per heavy atom. The second-order valence-electron chi connectivity index (χ2n) is 5.38. The Bertz CT molecular complexity index is 645. The van der Waals surface area contributed by atoms with Gasteiger partial charge < -0.3 is 5.32 Å². The smallest absolute Gasteiger partial charge is 0.224 e. The molecular weight excluding hydrogens is 321 g/mol. The third-order valence-electron chi connectivity index (χ3n) is 3.29. The molecule has 1 aromatic carbocycles. The van der Waals surface area contributed by atoms with Crippen LogP contribution in [0.5, 0.6) is 0 Å². The molecule has 1 N–H and O–H groups in total.